The topological polar surface area (TPSA) is 46.5 Å². The zero-order chi connectivity index (χ0) is 12.7. The van der Waals surface area contributed by atoms with Crippen LogP contribution in [0.1, 0.15) is 13.8 Å². The Labute approximate surface area is 97.0 Å². The Hall–Kier alpha value is -0.680. The summed E-state index contributed by atoms with van der Waals surface area (Å²) in [5.74, 6) is -2.16. The summed E-state index contributed by atoms with van der Waals surface area (Å²) in [6.45, 7) is 3.39. The third kappa shape index (κ3) is 2.20. The quantitative estimate of drug-likeness (QED) is 0.839. The van der Waals surface area contributed by atoms with Gasteiger partial charge >= 0.3 is 12.1 Å². The summed E-state index contributed by atoms with van der Waals surface area (Å²) in [7, 11) is 0.836. The van der Waals surface area contributed by atoms with Gasteiger partial charge in [-0.2, -0.15) is 8.78 Å². The Morgan fingerprint density at radius 1 is 1.56 bits per heavy atom. The maximum atomic E-state index is 12.9. The van der Waals surface area contributed by atoms with Gasteiger partial charge in [-0.15, -0.1) is 0 Å². The van der Waals surface area contributed by atoms with Gasteiger partial charge in [0.2, 0.25) is 0 Å². The molecule has 1 N–H and O–H groups in total. The van der Waals surface area contributed by atoms with Crippen LogP contribution < -0.4 is 0 Å². The van der Waals surface area contributed by atoms with E-state index in [1.807, 2.05) is 0 Å². The third-order valence-electron chi connectivity index (χ3n) is 3.04. The van der Waals surface area contributed by atoms with Gasteiger partial charge in [-0.25, -0.2) is 0 Å². The van der Waals surface area contributed by atoms with Crippen LogP contribution in [0.5, 0.6) is 0 Å². The highest BCUT2D eigenvalue weighted by molar-refractivity contribution is 6.30. The molecule has 0 amide bonds. The molecule has 0 aromatic rings. The maximum absolute atomic E-state index is 12.9. The first kappa shape index (κ1) is 13.4. The van der Waals surface area contributed by atoms with Gasteiger partial charge < -0.3 is 9.84 Å². The van der Waals surface area contributed by atoms with Crippen molar-refractivity contribution in [1.29, 1.82) is 0 Å². The minimum absolute atomic E-state index is 0.487. The van der Waals surface area contributed by atoms with E-state index in [4.69, 9.17) is 16.7 Å². The lowest BCUT2D eigenvalue weighted by Crippen LogP contribution is -2.19. The second-order valence-corrected chi connectivity index (χ2v) is 4.81. The minimum Gasteiger partial charge on any atom is -0.481 e. The average molecular weight is 255 g/mol. The molecule has 0 saturated heterocycles. The van der Waals surface area contributed by atoms with Crippen molar-refractivity contribution < 1.29 is 23.4 Å². The van der Waals surface area contributed by atoms with E-state index < -0.39 is 34.4 Å². The molecular weight excluding hydrogens is 242 g/mol. The van der Waals surface area contributed by atoms with Crippen LogP contribution in [-0.4, -0.2) is 24.3 Å². The second-order valence-electron chi connectivity index (χ2n) is 4.40. The van der Waals surface area contributed by atoms with E-state index in [1.54, 1.807) is 13.8 Å². The molecule has 0 bridgehead atoms. The lowest BCUT2D eigenvalue weighted by atomic mass is 10.1. The van der Waals surface area contributed by atoms with E-state index in [0.717, 1.165) is 13.2 Å². The molecule has 0 radical (unpaired) electrons. The fraction of sp³-hybridized carbons (Fsp3) is 0.700. The van der Waals surface area contributed by atoms with E-state index in [0.29, 0.717) is 0 Å². The summed E-state index contributed by atoms with van der Waals surface area (Å²) < 4.78 is 29.8. The van der Waals surface area contributed by atoms with Gasteiger partial charge in [0.15, 0.2) is 0 Å². The molecule has 1 aliphatic carbocycles. The highest BCUT2D eigenvalue weighted by Crippen LogP contribution is 2.60. The molecule has 6 heteroatoms. The number of rotatable bonds is 4. The van der Waals surface area contributed by atoms with Crippen molar-refractivity contribution in [2.75, 3.05) is 7.11 Å². The molecule has 3 nitrogen and oxygen atoms in total. The summed E-state index contributed by atoms with van der Waals surface area (Å²) in [4.78, 5) is 10.8. The molecule has 2 atom stereocenters. The number of carboxylic acids is 1. The summed E-state index contributed by atoms with van der Waals surface area (Å²) in [5.41, 5.74) is -0.546. The van der Waals surface area contributed by atoms with Crippen molar-refractivity contribution in [3.05, 3.63) is 11.1 Å². The molecule has 0 aromatic carbocycles. The first-order chi connectivity index (χ1) is 7.14. The predicted octanol–water partition coefficient (Wildman–Crippen LogP) is 2.71. The van der Waals surface area contributed by atoms with Gasteiger partial charge in [-0.3, -0.25) is 4.79 Å². The van der Waals surface area contributed by atoms with E-state index in [-0.39, 0.29) is 0 Å². The highest BCUT2D eigenvalue weighted by atomic mass is 35.5. The standard InChI is InChI=1S/C10H13ClF2O3/c1-9(2)5(7(9)8(14)15)4-6(11)10(12,13)16-3/h4-5,7H,1-3H3,(H,14,15). The zero-order valence-corrected chi connectivity index (χ0v) is 9.89. The second kappa shape index (κ2) is 3.96. The fourth-order valence-electron chi connectivity index (χ4n) is 1.81. The van der Waals surface area contributed by atoms with Crippen LogP contribution in [0.3, 0.4) is 0 Å². The first-order valence-electron chi connectivity index (χ1n) is 4.68. The van der Waals surface area contributed by atoms with Gasteiger partial charge in [-0.05, 0) is 11.3 Å². The number of hydrogen-bond acceptors (Lipinski definition) is 2. The molecule has 2 unspecified atom stereocenters. The molecule has 0 aromatic heterocycles. The van der Waals surface area contributed by atoms with Gasteiger partial charge in [-0.1, -0.05) is 31.5 Å². The lowest BCUT2D eigenvalue weighted by Gasteiger charge is -2.12. The summed E-state index contributed by atoms with van der Waals surface area (Å²) in [5, 5.41) is 8.07. The zero-order valence-electron chi connectivity index (χ0n) is 9.13. The Balaban J connectivity index is 2.84. The molecule has 92 valence electrons. The number of halogens is 3. The number of methoxy groups -OCH3 is 1. The smallest absolute Gasteiger partial charge is 0.393 e. The number of carbonyl (C=O) groups is 1. The van der Waals surface area contributed by atoms with Crippen molar-refractivity contribution in [3.63, 3.8) is 0 Å². The van der Waals surface area contributed by atoms with E-state index >= 15 is 0 Å². The number of hydrogen-bond donors (Lipinski definition) is 1. The third-order valence-corrected chi connectivity index (χ3v) is 3.38. The number of allylic oxidation sites excluding steroid dienone is 1. The SMILES string of the molecule is COC(F)(F)C(Cl)=CC1C(C(=O)O)C1(C)C. The number of alkyl halides is 2. The van der Waals surface area contributed by atoms with Crippen molar-refractivity contribution in [3.8, 4) is 0 Å². The van der Waals surface area contributed by atoms with Crippen molar-refractivity contribution in [2.24, 2.45) is 17.3 Å². The molecule has 0 heterocycles. The van der Waals surface area contributed by atoms with Crippen LogP contribution in [0, 0.1) is 17.3 Å². The number of aliphatic carboxylic acids is 1. The summed E-state index contributed by atoms with van der Waals surface area (Å²) >= 11 is 5.40. The van der Waals surface area contributed by atoms with Crippen LogP contribution in [-0.2, 0) is 9.53 Å². The predicted molar refractivity (Wildman–Crippen MR) is 54.3 cm³/mol. The first-order valence-corrected chi connectivity index (χ1v) is 5.06. The van der Waals surface area contributed by atoms with Crippen LogP contribution in [0.4, 0.5) is 8.78 Å². The van der Waals surface area contributed by atoms with Crippen LogP contribution in [0.25, 0.3) is 0 Å². The summed E-state index contributed by atoms with van der Waals surface area (Å²) in [6, 6.07) is 0. The van der Waals surface area contributed by atoms with Crippen molar-refractivity contribution in [1.82, 2.24) is 0 Å². The Morgan fingerprint density at radius 2 is 2.06 bits per heavy atom. The van der Waals surface area contributed by atoms with Gasteiger partial charge in [0.1, 0.15) is 5.03 Å². The van der Waals surface area contributed by atoms with Crippen molar-refractivity contribution >= 4 is 17.6 Å². The molecule has 1 fully saturated rings. The Kier molecular flexibility index (Phi) is 3.32. The number of ether oxygens (including phenoxy) is 1. The lowest BCUT2D eigenvalue weighted by molar-refractivity contribution is -0.184. The van der Waals surface area contributed by atoms with E-state index in [2.05, 4.69) is 4.74 Å². The fourth-order valence-corrected chi connectivity index (χ4v) is 2.03. The molecule has 1 saturated carbocycles. The Bertz CT molecular complexity index is 339. The molecule has 1 aliphatic rings. The highest BCUT2D eigenvalue weighted by Gasteiger charge is 2.61. The molecule has 16 heavy (non-hydrogen) atoms. The average Bonchev–Trinajstić information content (AvgIpc) is 2.68. The Morgan fingerprint density at radius 3 is 2.38 bits per heavy atom. The largest absolute Gasteiger partial charge is 0.481 e. The monoisotopic (exact) mass is 254 g/mol. The normalized spacial score (nSPS) is 29.0. The van der Waals surface area contributed by atoms with Crippen LogP contribution in [0.15, 0.2) is 11.1 Å². The molecule has 0 aliphatic heterocycles. The van der Waals surface area contributed by atoms with Crippen LogP contribution in [0.2, 0.25) is 0 Å². The molecule has 0 spiro atoms. The minimum atomic E-state index is -3.55. The van der Waals surface area contributed by atoms with Gasteiger partial charge in [0, 0.05) is 7.11 Å². The molecule has 1 rings (SSSR count). The van der Waals surface area contributed by atoms with Gasteiger partial charge in [0.25, 0.3) is 0 Å². The van der Waals surface area contributed by atoms with Crippen LogP contribution >= 0.6 is 11.6 Å². The van der Waals surface area contributed by atoms with Crippen molar-refractivity contribution in [2.45, 2.75) is 20.0 Å². The molecular formula is C10H13ClF2O3. The van der Waals surface area contributed by atoms with Gasteiger partial charge in [0.05, 0.1) is 5.92 Å². The maximum Gasteiger partial charge on any atom is 0.393 e. The summed E-state index contributed by atoms with van der Waals surface area (Å²) in [6.07, 6.45) is -2.48. The number of carboxylic acid groups (broad SMARTS) is 1. The van der Waals surface area contributed by atoms with E-state index in [9.17, 15) is 13.6 Å². The van der Waals surface area contributed by atoms with E-state index in [1.165, 1.54) is 0 Å².